The predicted octanol–water partition coefficient (Wildman–Crippen LogP) is 3.26. The Bertz CT molecular complexity index is 647. The molecule has 0 saturated carbocycles. The minimum Gasteiger partial charge on any atom is -0.486 e. The van der Waals surface area contributed by atoms with Crippen LogP contribution in [-0.4, -0.2) is 11.0 Å². The molecule has 0 radical (unpaired) electrons. The molecule has 0 fully saturated rings. The minimum absolute atomic E-state index is 0.0134. The van der Waals surface area contributed by atoms with E-state index in [0.717, 1.165) is 0 Å². The summed E-state index contributed by atoms with van der Waals surface area (Å²) in [4.78, 5) is 0. The molecule has 2 rings (SSSR count). The summed E-state index contributed by atoms with van der Waals surface area (Å²) in [6, 6.07) is 11.6. The Kier molecular flexibility index (Phi) is 4.57. The Labute approximate surface area is 123 Å². The molecular weight excluding hydrogens is 327 g/mol. The van der Waals surface area contributed by atoms with Crippen LogP contribution in [0, 0.1) is 5.82 Å². The van der Waals surface area contributed by atoms with Crippen LogP contribution in [0.5, 0.6) is 5.75 Å². The number of amidine groups is 1. The molecule has 0 heterocycles. The Balaban J connectivity index is 2.19. The van der Waals surface area contributed by atoms with E-state index in [2.05, 4.69) is 21.1 Å². The van der Waals surface area contributed by atoms with E-state index in [1.54, 1.807) is 30.3 Å². The number of rotatable bonds is 4. The topological polar surface area (TPSA) is 67.8 Å². The van der Waals surface area contributed by atoms with Crippen LogP contribution >= 0.6 is 15.9 Å². The maximum Gasteiger partial charge on any atom is 0.170 e. The first-order valence-electron chi connectivity index (χ1n) is 5.75. The van der Waals surface area contributed by atoms with Crippen LogP contribution in [0.2, 0.25) is 0 Å². The number of hydrogen-bond acceptors (Lipinski definition) is 3. The Morgan fingerprint density at radius 3 is 2.75 bits per heavy atom. The van der Waals surface area contributed by atoms with E-state index in [-0.39, 0.29) is 18.2 Å². The maximum atomic E-state index is 13.6. The zero-order valence-corrected chi connectivity index (χ0v) is 12.0. The number of benzene rings is 2. The lowest BCUT2D eigenvalue weighted by Crippen LogP contribution is -2.16. The molecule has 6 heteroatoms. The smallest absolute Gasteiger partial charge is 0.170 e. The van der Waals surface area contributed by atoms with Gasteiger partial charge in [0.15, 0.2) is 17.4 Å². The number of ether oxygens (including phenoxy) is 1. The van der Waals surface area contributed by atoms with Gasteiger partial charge in [0.2, 0.25) is 0 Å². The molecule has 3 N–H and O–H groups in total. The normalized spacial score (nSPS) is 11.4. The molecule has 0 aliphatic carbocycles. The summed E-state index contributed by atoms with van der Waals surface area (Å²) in [5.74, 6) is -0.330. The number of nitrogens with two attached hydrogens (primary N) is 1. The van der Waals surface area contributed by atoms with Gasteiger partial charge in [-0.15, -0.1) is 0 Å². The summed E-state index contributed by atoms with van der Waals surface area (Å²) in [6.07, 6.45) is 0. The third-order valence-electron chi connectivity index (χ3n) is 2.68. The van der Waals surface area contributed by atoms with E-state index in [9.17, 15) is 4.39 Å². The summed E-state index contributed by atoms with van der Waals surface area (Å²) < 4.78 is 19.7. The molecule has 0 amide bonds. The summed E-state index contributed by atoms with van der Waals surface area (Å²) in [5.41, 5.74) is 6.83. The van der Waals surface area contributed by atoms with Crippen molar-refractivity contribution >= 4 is 21.8 Å². The first-order chi connectivity index (χ1) is 9.61. The quantitative estimate of drug-likeness (QED) is 0.389. The summed E-state index contributed by atoms with van der Waals surface area (Å²) in [7, 11) is 0. The highest BCUT2D eigenvalue weighted by molar-refractivity contribution is 9.10. The standard InChI is InChI=1S/C14H12BrFN2O2/c15-10-5-6-13(12(16)7-10)20-8-9-3-1-2-4-11(9)14(17)18-19/h1-7,19H,8H2,(H2,17,18). The fraction of sp³-hybridized carbons (Fsp3) is 0.0714. The molecule has 4 nitrogen and oxygen atoms in total. The lowest BCUT2D eigenvalue weighted by molar-refractivity contribution is 0.289. The van der Waals surface area contributed by atoms with Gasteiger partial charge in [0.05, 0.1) is 0 Å². The number of hydrogen-bond donors (Lipinski definition) is 2. The highest BCUT2D eigenvalue weighted by Crippen LogP contribution is 2.22. The van der Waals surface area contributed by atoms with Crippen LogP contribution < -0.4 is 10.5 Å². The number of halogens is 2. The van der Waals surface area contributed by atoms with E-state index in [1.807, 2.05) is 0 Å². The van der Waals surface area contributed by atoms with E-state index in [4.69, 9.17) is 15.7 Å². The van der Waals surface area contributed by atoms with Gasteiger partial charge in [-0.1, -0.05) is 45.4 Å². The van der Waals surface area contributed by atoms with Gasteiger partial charge in [-0.25, -0.2) is 4.39 Å². The zero-order chi connectivity index (χ0) is 14.5. The second-order valence-electron chi connectivity index (χ2n) is 4.01. The van der Waals surface area contributed by atoms with Crippen LogP contribution in [0.25, 0.3) is 0 Å². The minimum atomic E-state index is -0.458. The second kappa shape index (κ2) is 6.38. The Morgan fingerprint density at radius 1 is 1.30 bits per heavy atom. The molecule has 0 aliphatic rings. The monoisotopic (exact) mass is 338 g/mol. The average Bonchev–Trinajstić information content (AvgIpc) is 2.46. The van der Waals surface area contributed by atoms with Gasteiger partial charge in [-0.05, 0) is 18.2 Å². The van der Waals surface area contributed by atoms with Gasteiger partial charge in [0.25, 0.3) is 0 Å². The molecule has 0 unspecified atom stereocenters. The van der Waals surface area contributed by atoms with Crippen LogP contribution in [0.1, 0.15) is 11.1 Å². The maximum absolute atomic E-state index is 13.6. The summed E-state index contributed by atoms with van der Waals surface area (Å²) in [5, 5.41) is 11.7. The fourth-order valence-corrected chi connectivity index (χ4v) is 2.03. The van der Waals surface area contributed by atoms with E-state index >= 15 is 0 Å². The van der Waals surface area contributed by atoms with Crippen molar-refractivity contribution in [3.63, 3.8) is 0 Å². The molecule has 0 spiro atoms. The largest absolute Gasteiger partial charge is 0.486 e. The summed E-state index contributed by atoms with van der Waals surface area (Å²) in [6.45, 7) is 0.116. The van der Waals surface area contributed by atoms with Crippen molar-refractivity contribution in [3.8, 4) is 5.75 Å². The van der Waals surface area contributed by atoms with Crippen LogP contribution in [0.3, 0.4) is 0 Å². The van der Waals surface area contributed by atoms with Crippen molar-refractivity contribution < 1.29 is 14.3 Å². The first kappa shape index (κ1) is 14.3. The van der Waals surface area contributed by atoms with E-state index in [1.165, 1.54) is 12.1 Å². The highest BCUT2D eigenvalue weighted by atomic mass is 79.9. The molecule has 0 aliphatic heterocycles. The second-order valence-corrected chi connectivity index (χ2v) is 4.92. The van der Waals surface area contributed by atoms with Gasteiger partial charge in [0, 0.05) is 15.6 Å². The van der Waals surface area contributed by atoms with Crippen LogP contribution in [0.15, 0.2) is 52.1 Å². The van der Waals surface area contributed by atoms with Crippen molar-refractivity contribution in [2.24, 2.45) is 10.9 Å². The first-order valence-corrected chi connectivity index (χ1v) is 6.54. The van der Waals surface area contributed by atoms with Gasteiger partial charge in [-0.2, -0.15) is 0 Å². The Morgan fingerprint density at radius 2 is 2.05 bits per heavy atom. The molecule has 0 saturated heterocycles. The highest BCUT2D eigenvalue weighted by Gasteiger charge is 2.09. The third kappa shape index (κ3) is 3.27. The number of oxime groups is 1. The molecule has 20 heavy (non-hydrogen) atoms. The average molecular weight is 339 g/mol. The summed E-state index contributed by atoms with van der Waals surface area (Å²) >= 11 is 3.18. The van der Waals surface area contributed by atoms with E-state index in [0.29, 0.717) is 15.6 Å². The fourth-order valence-electron chi connectivity index (χ4n) is 1.70. The SMILES string of the molecule is N/C(=N\O)c1ccccc1COc1ccc(Br)cc1F. The molecular formula is C14H12BrFN2O2. The van der Waals surface area contributed by atoms with Gasteiger partial charge < -0.3 is 15.7 Å². The van der Waals surface area contributed by atoms with Crippen molar-refractivity contribution in [2.75, 3.05) is 0 Å². The van der Waals surface area contributed by atoms with Gasteiger partial charge in [-0.3, -0.25) is 0 Å². The van der Waals surface area contributed by atoms with Crippen molar-refractivity contribution in [1.29, 1.82) is 0 Å². The molecule has 104 valence electrons. The predicted molar refractivity (Wildman–Crippen MR) is 77.4 cm³/mol. The number of nitrogens with zero attached hydrogens (tertiary/aromatic N) is 1. The van der Waals surface area contributed by atoms with Crippen LogP contribution in [0.4, 0.5) is 4.39 Å². The van der Waals surface area contributed by atoms with Crippen molar-refractivity contribution in [1.82, 2.24) is 0 Å². The van der Waals surface area contributed by atoms with Crippen molar-refractivity contribution in [3.05, 3.63) is 63.9 Å². The van der Waals surface area contributed by atoms with E-state index < -0.39 is 5.82 Å². The van der Waals surface area contributed by atoms with Crippen LogP contribution in [-0.2, 0) is 6.61 Å². The third-order valence-corrected chi connectivity index (χ3v) is 3.17. The lowest BCUT2D eigenvalue weighted by atomic mass is 10.1. The molecule has 2 aromatic rings. The molecule has 0 bridgehead atoms. The zero-order valence-electron chi connectivity index (χ0n) is 10.4. The van der Waals surface area contributed by atoms with Crippen molar-refractivity contribution in [2.45, 2.75) is 6.61 Å². The van der Waals surface area contributed by atoms with Gasteiger partial charge in [0.1, 0.15) is 6.61 Å². The molecule has 0 atom stereocenters. The molecule has 0 aromatic heterocycles. The van der Waals surface area contributed by atoms with Gasteiger partial charge >= 0.3 is 0 Å². The Hall–Kier alpha value is -2.08. The molecule has 2 aromatic carbocycles. The lowest BCUT2D eigenvalue weighted by Gasteiger charge is -2.10.